The fourth-order valence-corrected chi connectivity index (χ4v) is 5.16. The van der Waals surface area contributed by atoms with Crippen LogP contribution in [0.15, 0.2) is 72.3 Å². The van der Waals surface area contributed by atoms with Gasteiger partial charge < -0.3 is 9.84 Å². The number of rotatable bonds is 5. The molecule has 1 heterocycles. The standard InChI is InChI=1S/C22H25NO3.C7H10/c1-26-21-4-2-3-17(11-21)15-5-7-16(8-6-15)22(25)14-23-12-18-9-20(24)10-19(18)13-23;1-7-5-3-2-4-6-7/h2-8,11,18-20,24H,9-10,12-14H2,1H3;2-3,5H,4,6H2,1H3. The number of hydrogen-bond acceptors (Lipinski definition) is 4. The van der Waals surface area contributed by atoms with Crippen LogP contribution in [0, 0.1) is 11.8 Å². The number of carbonyl (C=O) groups excluding carboxylic acids is 1. The maximum atomic E-state index is 12.6. The van der Waals surface area contributed by atoms with E-state index in [9.17, 15) is 9.90 Å². The molecule has 2 aromatic rings. The van der Waals surface area contributed by atoms with Crippen LogP contribution in [0.2, 0.25) is 0 Å². The SMILES string of the molecule is CC1=CC=CCC1.COc1cccc(-c2ccc(C(=O)CN3CC4CC(O)CC4C3)cc2)c1. The van der Waals surface area contributed by atoms with Gasteiger partial charge in [-0.3, -0.25) is 9.69 Å². The largest absolute Gasteiger partial charge is 0.497 e. The topological polar surface area (TPSA) is 49.8 Å². The van der Waals surface area contributed by atoms with Gasteiger partial charge in [-0.2, -0.15) is 0 Å². The van der Waals surface area contributed by atoms with E-state index in [0.29, 0.717) is 18.4 Å². The van der Waals surface area contributed by atoms with Crippen molar-refractivity contribution in [3.05, 3.63) is 77.9 Å². The highest BCUT2D eigenvalue weighted by Gasteiger charge is 2.40. The summed E-state index contributed by atoms with van der Waals surface area (Å²) in [6, 6.07) is 15.7. The molecule has 0 spiro atoms. The van der Waals surface area contributed by atoms with Crippen molar-refractivity contribution in [3.8, 4) is 16.9 Å². The molecule has 4 nitrogen and oxygen atoms in total. The lowest BCUT2D eigenvalue weighted by atomic mass is 10.0. The summed E-state index contributed by atoms with van der Waals surface area (Å²) in [5.74, 6) is 2.12. The maximum Gasteiger partial charge on any atom is 0.176 e. The monoisotopic (exact) mass is 445 g/mol. The number of methoxy groups -OCH3 is 1. The second-order valence-corrected chi connectivity index (χ2v) is 9.55. The van der Waals surface area contributed by atoms with Gasteiger partial charge in [0.1, 0.15) is 5.75 Å². The summed E-state index contributed by atoms with van der Waals surface area (Å²) in [4.78, 5) is 14.9. The van der Waals surface area contributed by atoms with Gasteiger partial charge in [0, 0.05) is 18.7 Å². The van der Waals surface area contributed by atoms with Crippen LogP contribution < -0.4 is 4.74 Å². The molecule has 1 aliphatic heterocycles. The summed E-state index contributed by atoms with van der Waals surface area (Å²) < 4.78 is 5.28. The number of nitrogens with zero attached hydrogens (tertiary/aromatic N) is 1. The number of fused-ring (bicyclic) bond motifs is 1. The predicted octanol–water partition coefficient (Wildman–Crippen LogP) is 5.53. The third kappa shape index (κ3) is 6.21. The molecule has 1 N–H and O–H groups in total. The first-order valence-electron chi connectivity index (χ1n) is 12.0. The first-order valence-corrected chi connectivity index (χ1v) is 12.0. The van der Waals surface area contributed by atoms with Gasteiger partial charge in [0.15, 0.2) is 5.78 Å². The smallest absolute Gasteiger partial charge is 0.176 e. The van der Waals surface area contributed by atoms with Gasteiger partial charge in [-0.05, 0) is 67.7 Å². The van der Waals surface area contributed by atoms with Gasteiger partial charge in [0.05, 0.1) is 19.8 Å². The first kappa shape index (κ1) is 23.5. The van der Waals surface area contributed by atoms with Gasteiger partial charge in [0.25, 0.3) is 0 Å². The number of carbonyl (C=O) groups is 1. The molecule has 1 saturated carbocycles. The Kier molecular flexibility index (Phi) is 7.79. The van der Waals surface area contributed by atoms with E-state index in [-0.39, 0.29) is 11.9 Å². The number of allylic oxidation sites excluding steroid dienone is 4. The van der Waals surface area contributed by atoms with Crippen molar-refractivity contribution >= 4 is 5.78 Å². The minimum absolute atomic E-state index is 0.132. The first-order chi connectivity index (χ1) is 16.0. The summed E-state index contributed by atoms with van der Waals surface area (Å²) in [5.41, 5.74) is 4.41. The van der Waals surface area contributed by atoms with Crippen molar-refractivity contribution < 1.29 is 14.6 Å². The Labute approximate surface area is 197 Å². The average Bonchev–Trinajstić information content (AvgIpc) is 3.36. The van der Waals surface area contributed by atoms with Crippen molar-refractivity contribution in [1.82, 2.24) is 4.90 Å². The molecule has 3 aliphatic rings. The number of aliphatic hydroxyl groups is 1. The minimum atomic E-state index is -0.132. The fraction of sp³-hybridized carbons (Fsp3) is 0.414. The van der Waals surface area contributed by atoms with E-state index >= 15 is 0 Å². The molecule has 2 atom stereocenters. The highest BCUT2D eigenvalue weighted by molar-refractivity contribution is 5.98. The Morgan fingerprint density at radius 1 is 1.06 bits per heavy atom. The zero-order valence-corrected chi connectivity index (χ0v) is 19.7. The molecular weight excluding hydrogens is 410 g/mol. The van der Waals surface area contributed by atoms with Crippen molar-refractivity contribution in [2.45, 2.75) is 38.7 Å². The van der Waals surface area contributed by atoms with Crippen molar-refractivity contribution in [2.24, 2.45) is 11.8 Å². The van der Waals surface area contributed by atoms with Crippen LogP contribution in [0.5, 0.6) is 5.75 Å². The molecule has 5 rings (SSSR count). The lowest BCUT2D eigenvalue weighted by Crippen LogP contribution is -2.29. The summed E-state index contributed by atoms with van der Waals surface area (Å²) in [6.45, 7) is 4.52. The zero-order valence-electron chi connectivity index (χ0n) is 19.7. The number of Topliss-reactive ketones (excluding diaryl/α,β-unsaturated/α-hetero) is 1. The van der Waals surface area contributed by atoms with Crippen molar-refractivity contribution in [3.63, 3.8) is 0 Å². The van der Waals surface area contributed by atoms with Crippen LogP contribution in [0.25, 0.3) is 11.1 Å². The van der Waals surface area contributed by atoms with E-state index in [0.717, 1.165) is 48.4 Å². The van der Waals surface area contributed by atoms with Gasteiger partial charge in [-0.1, -0.05) is 60.2 Å². The molecule has 174 valence electrons. The zero-order chi connectivity index (χ0) is 23.2. The quantitative estimate of drug-likeness (QED) is 0.615. The van der Waals surface area contributed by atoms with Gasteiger partial charge in [-0.15, -0.1) is 0 Å². The average molecular weight is 446 g/mol. The Hall–Kier alpha value is -2.69. The molecule has 4 heteroatoms. The third-order valence-electron chi connectivity index (χ3n) is 7.00. The molecule has 2 aromatic carbocycles. The summed E-state index contributed by atoms with van der Waals surface area (Å²) in [5, 5.41) is 9.74. The van der Waals surface area contributed by atoms with Crippen molar-refractivity contribution in [1.29, 1.82) is 0 Å². The highest BCUT2D eigenvalue weighted by Crippen LogP contribution is 2.38. The van der Waals surface area contributed by atoms with Gasteiger partial charge in [-0.25, -0.2) is 0 Å². The van der Waals surface area contributed by atoms with Crippen LogP contribution in [0.3, 0.4) is 0 Å². The van der Waals surface area contributed by atoms with Crippen LogP contribution in [0.1, 0.15) is 43.0 Å². The molecule has 0 bridgehead atoms. The minimum Gasteiger partial charge on any atom is -0.497 e. The second kappa shape index (κ2) is 11.0. The number of aliphatic hydroxyl groups excluding tert-OH is 1. The summed E-state index contributed by atoms with van der Waals surface area (Å²) in [7, 11) is 1.66. The number of likely N-dealkylation sites (tertiary alicyclic amines) is 1. The molecule has 2 aliphatic carbocycles. The highest BCUT2D eigenvalue weighted by atomic mass is 16.5. The van der Waals surface area contributed by atoms with E-state index in [1.165, 1.54) is 18.4 Å². The Bertz CT molecular complexity index is 994. The lowest BCUT2D eigenvalue weighted by Gasteiger charge is -2.16. The molecule has 2 fully saturated rings. The maximum absolute atomic E-state index is 12.6. The molecule has 0 radical (unpaired) electrons. The second-order valence-electron chi connectivity index (χ2n) is 9.55. The van der Waals surface area contributed by atoms with E-state index in [1.807, 2.05) is 48.5 Å². The Balaban J connectivity index is 0.000000318. The van der Waals surface area contributed by atoms with Crippen LogP contribution >= 0.6 is 0 Å². The summed E-state index contributed by atoms with van der Waals surface area (Å²) in [6.07, 6.45) is 10.6. The van der Waals surface area contributed by atoms with E-state index in [2.05, 4.69) is 30.1 Å². The van der Waals surface area contributed by atoms with Crippen LogP contribution in [-0.2, 0) is 0 Å². The molecular formula is C29H35NO3. The predicted molar refractivity (Wildman–Crippen MR) is 134 cm³/mol. The molecule has 1 saturated heterocycles. The number of ketones is 1. The Morgan fingerprint density at radius 2 is 1.79 bits per heavy atom. The lowest BCUT2D eigenvalue weighted by molar-refractivity contribution is 0.0935. The van der Waals surface area contributed by atoms with E-state index in [1.54, 1.807) is 7.11 Å². The van der Waals surface area contributed by atoms with E-state index in [4.69, 9.17) is 4.74 Å². The van der Waals surface area contributed by atoms with Gasteiger partial charge in [0.2, 0.25) is 0 Å². The van der Waals surface area contributed by atoms with Gasteiger partial charge >= 0.3 is 0 Å². The van der Waals surface area contributed by atoms with Crippen molar-refractivity contribution in [2.75, 3.05) is 26.7 Å². The number of benzene rings is 2. The Morgan fingerprint density at radius 3 is 2.36 bits per heavy atom. The van der Waals surface area contributed by atoms with Crippen LogP contribution in [-0.4, -0.2) is 48.6 Å². The number of ether oxygens (including phenoxy) is 1. The third-order valence-corrected chi connectivity index (χ3v) is 7.00. The van der Waals surface area contributed by atoms with Crippen LogP contribution in [0.4, 0.5) is 0 Å². The summed E-state index contributed by atoms with van der Waals surface area (Å²) >= 11 is 0. The molecule has 2 unspecified atom stereocenters. The normalized spacial score (nSPS) is 24.0. The van der Waals surface area contributed by atoms with E-state index < -0.39 is 0 Å². The fourth-order valence-electron chi connectivity index (χ4n) is 5.16. The number of hydrogen-bond donors (Lipinski definition) is 1. The molecule has 0 aromatic heterocycles. The molecule has 0 amide bonds. The molecule has 33 heavy (non-hydrogen) atoms.